The second-order valence-electron chi connectivity index (χ2n) is 4.04. The van der Waals surface area contributed by atoms with Crippen LogP contribution in [-0.4, -0.2) is 30.8 Å². The molecular weight excluding hydrogens is 230 g/mol. The van der Waals surface area contributed by atoms with Crippen LogP contribution in [0.15, 0.2) is 0 Å². The number of aliphatic carboxylic acids is 1. The summed E-state index contributed by atoms with van der Waals surface area (Å²) < 4.78 is 25.4. The van der Waals surface area contributed by atoms with Crippen LogP contribution in [0.4, 0.5) is 0 Å². The van der Waals surface area contributed by atoms with Crippen molar-refractivity contribution in [3.8, 4) is 0 Å². The summed E-state index contributed by atoms with van der Waals surface area (Å²) in [5.74, 6) is -1.33. The lowest BCUT2D eigenvalue weighted by Gasteiger charge is -2.16. The molecule has 0 spiro atoms. The van der Waals surface area contributed by atoms with Crippen LogP contribution in [-0.2, 0) is 14.8 Å². The molecule has 0 fully saturated rings. The first-order valence-electron chi connectivity index (χ1n) is 5.55. The fourth-order valence-corrected chi connectivity index (χ4v) is 2.42. The Morgan fingerprint density at radius 3 is 2.31 bits per heavy atom. The van der Waals surface area contributed by atoms with Crippen molar-refractivity contribution >= 4 is 16.0 Å². The van der Waals surface area contributed by atoms with E-state index < -0.39 is 21.2 Å². The van der Waals surface area contributed by atoms with Gasteiger partial charge in [0, 0.05) is 6.04 Å². The zero-order chi connectivity index (χ0) is 12.8. The standard InChI is InChI=1S/C10H21NO4S/c1-4-5-6-7-8(2)11-16(14,15)9(3)10(12)13/h8-9,11H,4-7H2,1-3H3,(H,12,13). The number of unbranched alkanes of at least 4 members (excludes halogenated alkanes) is 2. The highest BCUT2D eigenvalue weighted by molar-refractivity contribution is 7.90. The Morgan fingerprint density at radius 2 is 1.88 bits per heavy atom. The van der Waals surface area contributed by atoms with E-state index in [0.717, 1.165) is 25.7 Å². The van der Waals surface area contributed by atoms with Gasteiger partial charge in [-0.2, -0.15) is 0 Å². The molecule has 0 heterocycles. The van der Waals surface area contributed by atoms with Gasteiger partial charge in [-0.05, 0) is 20.3 Å². The van der Waals surface area contributed by atoms with Crippen LogP contribution in [0.25, 0.3) is 0 Å². The molecule has 0 aromatic carbocycles. The molecule has 96 valence electrons. The van der Waals surface area contributed by atoms with Gasteiger partial charge in [-0.25, -0.2) is 13.1 Å². The minimum absolute atomic E-state index is 0.210. The lowest BCUT2D eigenvalue weighted by molar-refractivity contribution is -0.136. The Labute approximate surface area is 97.3 Å². The molecule has 0 aliphatic carbocycles. The van der Waals surface area contributed by atoms with Gasteiger partial charge in [0.1, 0.15) is 0 Å². The molecule has 0 radical (unpaired) electrons. The molecule has 0 amide bonds. The van der Waals surface area contributed by atoms with Crippen LogP contribution in [0, 0.1) is 0 Å². The number of hydrogen-bond donors (Lipinski definition) is 2. The molecule has 5 nitrogen and oxygen atoms in total. The Bertz CT molecular complexity index is 313. The zero-order valence-electron chi connectivity index (χ0n) is 10.1. The molecule has 0 aliphatic heterocycles. The average molecular weight is 251 g/mol. The lowest BCUT2D eigenvalue weighted by atomic mass is 10.1. The van der Waals surface area contributed by atoms with E-state index in [0.29, 0.717) is 0 Å². The number of carbonyl (C=O) groups is 1. The van der Waals surface area contributed by atoms with Crippen LogP contribution < -0.4 is 4.72 Å². The van der Waals surface area contributed by atoms with E-state index in [-0.39, 0.29) is 6.04 Å². The van der Waals surface area contributed by atoms with E-state index in [1.165, 1.54) is 6.92 Å². The van der Waals surface area contributed by atoms with Crippen molar-refractivity contribution < 1.29 is 18.3 Å². The Kier molecular flexibility index (Phi) is 6.59. The van der Waals surface area contributed by atoms with Crippen molar-refractivity contribution in [2.45, 2.75) is 57.7 Å². The van der Waals surface area contributed by atoms with E-state index in [4.69, 9.17) is 5.11 Å². The van der Waals surface area contributed by atoms with Gasteiger partial charge in [0.05, 0.1) is 0 Å². The monoisotopic (exact) mass is 251 g/mol. The Morgan fingerprint density at radius 1 is 1.31 bits per heavy atom. The molecule has 2 unspecified atom stereocenters. The Hall–Kier alpha value is -0.620. The molecule has 0 bridgehead atoms. The maximum Gasteiger partial charge on any atom is 0.323 e. The van der Waals surface area contributed by atoms with Gasteiger partial charge >= 0.3 is 5.97 Å². The van der Waals surface area contributed by atoms with E-state index in [1.54, 1.807) is 6.92 Å². The molecule has 16 heavy (non-hydrogen) atoms. The minimum Gasteiger partial charge on any atom is -0.480 e. The van der Waals surface area contributed by atoms with Crippen LogP contribution in [0.3, 0.4) is 0 Å². The molecule has 0 rings (SSSR count). The molecule has 0 saturated carbocycles. The third-order valence-corrected chi connectivity index (χ3v) is 4.28. The van der Waals surface area contributed by atoms with Crippen molar-refractivity contribution in [1.29, 1.82) is 0 Å². The molecule has 0 aliphatic rings. The van der Waals surface area contributed by atoms with Gasteiger partial charge < -0.3 is 5.11 Å². The Balaban J connectivity index is 4.21. The summed E-state index contributed by atoms with van der Waals surface area (Å²) in [5, 5.41) is 7.22. The van der Waals surface area contributed by atoms with Gasteiger partial charge in [-0.15, -0.1) is 0 Å². The number of rotatable bonds is 8. The average Bonchev–Trinajstić information content (AvgIpc) is 2.16. The molecule has 2 N–H and O–H groups in total. The highest BCUT2D eigenvalue weighted by atomic mass is 32.2. The smallest absolute Gasteiger partial charge is 0.323 e. The molecule has 0 saturated heterocycles. The summed E-state index contributed by atoms with van der Waals surface area (Å²) in [5.41, 5.74) is 0. The summed E-state index contributed by atoms with van der Waals surface area (Å²) in [7, 11) is -3.75. The molecule has 0 aromatic rings. The summed E-state index contributed by atoms with van der Waals surface area (Å²) in [6.45, 7) is 4.99. The predicted octanol–water partition coefficient (Wildman–Crippen LogP) is 1.35. The zero-order valence-corrected chi connectivity index (χ0v) is 10.9. The summed E-state index contributed by atoms with van der Waals surface area (Å²) in [6, 6.07) is -0.210. The van der Waals surface area contributed by atoms with Gasteiger partial charge in [-0.3, -0.25) is 4.79 Å². The van der Waals surface area contributed by atoms with Gasteiger partial charge in [0.2, 0.25) is 10.0 Å². The second-order valence-corrected chi connectivity index (χ2v) is 6.07. The highest BCUT2D eigenvalue weighted by Crippen LogP contribution is 2.06. The van der Waals surface area contributed by atoms with E-state index in [2.05, 4.69) is 11.6 Å². The van der Waals surface area contributed by atoms with Crippen LogP contribution in [0.2, 0.25) is 0 Å². The van der Waals surface area contributed by atoms with Crippen molar-refractivity contribution in [2.75, 3.05) is 0 Å². The molecular formula is C10H21NO4S. The number of hydrogen-bond acceptors (Lipinski definition) is 3. The third kappa shape index (κ3) is 5.46. The van der Waals surface area contributed by atoms with E-state index in [9.17, 15) is 13.2 Å². The fourth-order valence-electron chi connectivity index (χ4n) is 1.27. The maximum atomic E-state index is 11.5. The molecule has 6 heteroatoms. The maximum absolute atomic E-state index is 11.5. The predicted molar refractivity (Wildman–Crippen MR) is 62.8 cm³/mol. The first-order chi connectivity index (χ1) is 7.31. The van der Waals surface area contributed by atoms with Crippen molar-refractivity contribution in [3.63, 3.8) is 0 Å². The van der Waals surface area contributed by atoms with Crippen LogP contribution in [0.5, 0.6) is 0 Å². The first kappa shape index (κ1) is 15.4. The van der Waals surface area contributed by atoms with Crippen molar-refractivity contribution in [1.82, 2.24) is 4.72 Å². The van der Waals surface area contributed by atoms with Gasteiger partial charge in [0.25, 0.3) is 0 Å². The largest absolute Gasteiger partial charge is 0.480 e. The lowest BCUT2D eigenvalue weighted by Crippen LogP contribution is -2.41. The topological polar surface area (TPSA) is 83.5 Å². The second kappa shape index (κ2) is 6.85. The van der Waals surface area contributed by atoms with Crippen molar-refractivity contribution in [2.24, 2.45) is 0 Å². The molecule has 2 atom stereocenters. The van der Waals surface area contributed by atoms with Crippen LogP contribution >= 0.6 is 0 Å². The van der Waals surface area contributed by atoms with E-state index >= 15 is 0 Å². The fraction of sp³-hybridized carbons (Fsp3) is 0.900. The third-order valence-electron chi connectivity index (χ3n) is 2.42. The van der Waals surface area contributed by atoms with Gasteiger partial charge in [0.15, 0.2) is 5.25 Å². The quantitative estimate of drug-likeness (QED) is 0.638. The summed E-state index contributed by atoms with van der Waals surface area (Å²) in [4.78, 5) is 10.6. The number of carboxylic acid groups (broad SMARTS) is 1. The van der Waals surface area contributed by atoms with Crippen LogP contribution in [0.1, 0.15) is 46.5 Å². The highest BCUT2D eigenvalue weighted by Gasteiger charge is 2.28. The summed E-state index contributed by atoms with van der Waals surface area (Å²) >= 11 is 0. The van der Waals surface area contributed by atoms with Crippen molar-refractivity contribution in [3.05, 3.63) is 0 Å². The van der Waals surface area contributed by atoms with Gasteiger partial charge in [-0.1, -0.05) is 26.2 Å². The number of nitrogens with one attached hydrogen (secondary N) is 1. The van der Waals surface area contributed by atoms with E-state index in [1.807, 2.05) is 0 Å². The summed E-state index contributed by atoms with van der Waals surface area (Å²) in [6.07, 6.45) is 3.81. The number of carboxylic acids is 1. The normalized spacial score (nSPS) is 15.7. The SMILES string of the molecule is CCCCCC(C)NS(=O)(=O)C(C)C(=O)O. The molecule has 0 aromatic heterocycles. The minimum atomic E-state index is -3.75. The number of sulfonamides is 1. The first-order valence-corrected chi connectivity index (χ1v) is 7.09.